The molecule has 1 saturated heterocycles. The molecule has 3 heterocycles. The summed E-state index contributed by atoms with van der Waals surface area (Å²) < 4.78 is 19.1. The molecule has 1 aromatic carbocycles. The molecule has 3 aromatic rings. The second-order valence-electron chi connectivity index (χ2n) is 7.29. The quantitative estimate of drug-likeness (QED) is 0.703. The van der Waals surface area contributed by atoms with E-state index in [2.05, 4.69) is 27.8 Å². The predicted molar refractivity (Wildman–Crippen MR) is 102 cm³/mol. The van der Waals surface area contributed by atoms with E-state index in [1.165, 1.54) is 25.0 Å². The van der Waals surface area contributed by atoms with E-state index in [-0.39, 0.29) is 5.82 Å². The first-order valence-corrected chi connectivity index (χ1v) is 9.63. The van der Waals surface area contributed by atoms with Gasteiger partial charge in [-0.05, 0) is 31.4 Å². The molecule has 2 aromatic heterocycles. The lowest BCUT2D eigenvalue weighted by Crippen LogP contribution is -2.47. The van der Waals surface area contributed by atoms with E-state index in [1.54, 1.807) is 6.07 Å². The van der Waals surface area contributed by atoms with Crippen molar-refractivity contribution in [1.29, 1.82) is 0 Å². The van der Waals surface area contributed by atoms with Crippen LogP contribution in [0.1, 0.15) is 37.2 Å². The fraction of sp³-hybridized carbons (Fsp3) is 0.450. The monoisotopic (exact) mass is 367 g/mol. The number of fused-ring (bicyclic) bond motifs is 1. The topological polar surface area (TPSA) is 58.3 Å². The minimum Gasteiger partial charge on any atom is -0.423 e. The van der Waals surface area contributed by atoms with Crippen LogP contribution in [0.5, 0.6) is 0 Å². The van der Waals surface area contributed by atoms with Crippen LogP contribution in [0, 0.1) is 5.82 Å². The Morgan fingerprint density at radius 2 is 1.81 bits per heavy atom. The molecular formula is C20H22FN5O. The molecule has 140 valence electrons. The van der Waals surface area contributed by atoms with Crippen molar-refractivity contribution in [3.63, 3.8) is 0 Å². The molecule has 1 saturated carbocycles. The Morgan fingerprint density at radius 3 is 2.56 bits per heavy atom. The highest BCUT2D eigenvalue weighted by molar-refractivity contribution is 5.74. The van der Waals surface area contributed by atoms with E-state index in [0.717, 1.165) is 49.9 Å². The van der Waals surface area contributed by atoms with Crippen LogP contribution < -0.4 is 9.80 Å². The van der Waals surface area contributed by atoms with E-state index in [4.69, 9.17) is 14.4 Å². The highest BCUT2D eigenvalue weighted by atomic mass is 19.1. The van der Waals surface area contributed by atoms with Gasteiger partial charge in [0, 0.05) is 49.9 Å². The van der Waals surface area contributed by atoms with Gasteiger partial charge in [-0.15, -0.1) is 0 Å². The van der Waals surface area contributed by atoms with Gasteiger partial charge in [-0.1, -0.05) is 6.92 Å². The number of nitrogens with zero attached hydrogens (tertiary/aromatic N) is 5. The molecule has 0 bridgehead atoms. The number of halogens is 1. The largest absolute Gasteiger partial charge is 0.423 e. The minimum absolute atomic E-state index is 0.308. The summed E-state index contributed by atoms with van der Waals surface area (Å²) in [4.78, 5) is 18.4. The number of aromatic nitrogens is 3. The van der Waals surface area contributed by atoms with E-state index in [0.29, 0.717) is 23.0 Å². The first-order valence-electron chi connectivity index (χ1n) is 9.63. The van der Waals surface area contributed by atoms with Crippen molar-refractivity contribution in [2.75, 3.05) is 36.0 Å². The number of benzene rings is 1. The van der Waals surface area contributed by atoms with Crippen LogP contribution in [0.2, 0.25) is 0 Å². The average molecular weight is 367 g/mol. The van der Waals surface area contributed by atoms with Gasteiger partial charge in [-0.2, -0.15) is 4.98 Å². The summed E-state index contributed by atoms with van der Waals surface area (Å²) in [6.07, 6.45) is 3.34. The lowest BCUT2D eigenvalue weighted by Gasteiger charge is -2.34. The molecule has 0 unspecified atom stereocenters. The van der Waals surface area contributed by atoms with Gasteiger partial charge in [0.1, 0.15) is 23.0 Å². The highest BCUT2D eigenvalue weighted by Crippen LogP contribution is 2.38. The van der Waals surface area contributed by atoms with E-state index >= 15 is 0 Å². The zero-order chi connectivity index (χ0) is 18.4. The van der Waals surface area contributed by atoms with Crippen LogP contribution in [0.3, 0.4) is 0 Å². The molecule has 0 N–H and O–H groups in total. The van der Waals surface area contributed by atoms with Crippen LogP contribution in [0.4, 0.5) is 16.2 Å². The Labute approximate surface area is 157 Å². The van der Waals surface area contributed by atoms with Gasteiger partial charge in [0.2, 0.25) is 0 Å². The standard InChI is InChI=1S/C20H22FN5O/c1-2-15-12-18(24-19(22-15)13-3-4-13)25-7-9-26(10-8-25)20-23-16-6-5-14(21)11-17(16)27-20/h5-6,11-13H,2-4,7-10H2,1H3. The molecule has 6 nitrogen and oxygen atoms in total. The van der Waals surface area contributed by atoms with Gasteiger partial charge in [0.05, 0.1) is 0 Å². The van der Waals surface area contributed by atoms with Crippen molar-refractivity contribution < 1.29 is 8.81 Å². The van der Waals surface area contributed by atoms with E-state index in [9.17, 15) is 4.39 Å². The van der Waals surface area contributed by atoms with Crippen molar-refractivity contribution in [2.45, 2.75) is 32.1 Å². The molecule has 0 amide bonds. The third kappa shape index (κ3) is 3.22. The molecule has 0 radical (unpaired) electrons. The number of anilines is 2. The summed E-state index contributed by atoms with van der Waals surface area (Å²) in [6, 6.07) is 7.12. The maximum absolute atomic E-state index is 13.4. The predicted octanol–water partition coefficient (Wildman–Crippen LogP) is 3.52. The fourth-order valence-corrected chi connectivity index (χ4v) is 3.52. The van der Waals surface area contributed by atoms with Crippen LogP contribution in [0.15, 0.2) is 28.7 Å². The van der Waals surface area contributed by atoms with Crippen molar-refractivity contribution in [3.05, 3.63) is 41.6 Å². The number of hydrogen-bond donors (Lipinski definition) is 0. The summed E-state index contributed by atoms with van der Waals surface area (Å²) in [7, 11) is 0. The van der Waals surface area contributed by atoms with Gasteiger partial charge >= 0.3 is 0 Å². The van der Waals surface area contributed by atoms with Crippen molar-refractivity contribution in [2.24, 2.45) is 0 Å². The lowest BCUT2D eigenvalue weighted by atomic mass is 10.2. The van der Waals surface area contributed by atoms with Gasteiger partial charge < -0.3 is 14.2 Å². The maximum Gasteiger partial charge on any atom is 0.298 e. The van der Waals surface area contributed by atoms with Crippen molar-refractivity contribution >= 4 is 22.9 Å². The Hall–Kier alpha value is -2.70. The number of hydrogen-bond acceptors (Lipinski definition) is 6. The van der Waals surface area contributed by atoms with Gasteiger partial charge in [-0.3, -0.25) is 0 Å². The van der Waals surface area contributed by atoms with Crippen molar-refractivity contribution in [3.8, 4) is 0 Å². The first-order chi connectivity index (χ1) is 13.2. The maximum atomic E-state index is 13.4. The van der Waals surface area contributed by atoms with Crippen LogP contribution >= 0.6 is 0 Å². The molecule has 0 atom stereocenters. The zero-order valence-corrected chi connectivity index (χ0v) is 15.4. The molecule has 0 spiro atoms. The minimum atomic E-state index is -0.308. The smallest absolute Gasteiger partial charge is 0.298 e. The lowest BCUT2D eigenvalue weighted by molar-refractivity contribution is 0.537. The Kier molecular flexibility index (Phi) is 3.95. The molecule has 7 heteroatoms. The number of rotatable bonds is 4. The second kappa shape index (κ2) is 6.48. The third-order valence-corrected chi connectivity index (χ3v) is 5.30. The molecule has 27 heavy (non-hydrogen) atoms. The van der Waals surface area contributed by atoms with Gasteiger partial charge in [0.15, 0.2) is 5.58 Å². The number of oxazole rings is 1. The molecule has 1 aliphatic heterocycles. The second-order valence-corrected chi connectivity index (χ2v) is 7.29. The first kappa shape index (κ1) is 16.5. The Balaban J connectivity index is 1.33. The summed E-state index contributed by atoms with van der Waals surface area (Å²) in [5.74, 6) is 2.28. The van der Waals surface area contributed by atoms with Gasteiger partial charge in [-0.25, -0.2) is 14.4 Å². The highest BCUT2D eigenvalue weighted by Gasteiger charge is 2.29. The van der Waals surface area contributed by atoms with Crippen LogP contribution in [-0.4, -0.2) is 41.1 Å². The summed E-state index contributed by atoms with van der Waals surface area (Å²) in [5, 5.41) is 0. The van der Waals surface area contributed by atoms with Crippen molar-refractivity contribution in [1.82, 2.24) is 15.0 Å². The molecule has 1 aliphatic carbocycles. The molecular weight excluding hydrogens is 345 g/mol. The normalized spacial score (nSPS) is 17.7. The fourth-order valence-electron chi connectivity index (χ4n) is 3.52. The van der Waals surface area contributed by atoms with Crippen LogP contribution in [0.25, 0.3) is 11.1 Å². The molecule has 2 fully saturated rings. The Bertz CT molecular complexity index is 976. The molecule has 5 rings (SSSR count). The summed E-state index contributed by atoms with van der Waals surface area (Å²) in [5.41, 5.74) is 2.29. The summed E-state index contributed by atoms with van der Waals surface area (Å²) >= 11 is 0. The SMILES string of the molecule is CCc1cc(N2CCN(c3nc4ccc(F)cc4o3)CC2)nc(C2CC2)n1. The average Bonchev–Trinajstić information content (AvgIpc) is 3.47. The summed E-state index contributed by atoms with van der Waals surface area (Å²) in [6.45, 7) is 5.41. The number of aryl methyl sites for hydroxylation is 1. The zero-order valence-electron chi connectivity index (χ0n) is 15.4. The van der Waals surface area contributed by atoms with Crippen LogP contribution in [-0.2, 0) is 6.42 Å². The van der Waals surface area contributed by atoms with E-state index < -0.39 is 0 Å². The third-order valence-electron chi connectivity index (χ3n) is 5.30. The molecule has 2 aliphatic rings. The van der Waals surface area contributed by atoms with Gasteiger partial charge in [0.25, 0.3) is 6.01 Å². The number of piperazine rings is 1. The Morgan fingerprint density at radius 1 is 1.04 bits per heavy atom. The van der Waals surface area contributed by atoms with E-state index in [1.807, 2.05) is 0 Å².